The van der Waals surface area contributed by atoms with Crippen LogP contribution in [-0.2, 0) is 12.8 Å². The number of thiophene rings is 1. The molecular formula is C22H18ClN7OS2. The van der Waals surface area contributed by atoms with E-state index in [0.717, 1.165) is 40.6 Å². The van der Waals surface area contributed by atoms with E-state index in [1.807, 2.05) is 31.2 Å². The minimum Gasteiger partial charge on any atom is -0.268 e. The number of benzene rings is 1. The summed E-state index contributed by atoms with van der Waals surface area (Å²) in [6, 6.07) is 9.23. The van der Waals surface area contributed by atoms with Crippen molar-refractivity contribution in [1.29, 1.82) is 0 Å². The molecule has 5 aromatic rings. The van der Waals surface area contributed by atoms with Crippen molar-refractivity contribution in [1.82, 2.24) is 34.8 Å². The largest absolute Gasteiger partial charge is 0.268 e. The lowest BCUT2D eigenvalue weighted by Crippen LogP contribution is -2.22. The summed E-state index contributed by atoms with van der Waals surface area (Å²) in [5.41, 5.74) is 3.26. The molecule has 1 aromatic carbocycles. The lowest BCUT2D eigenvalue weighted by molar-refractivity contribution is 0.509. The Morgan fingerprint density at radius 3 is 2.97 bits per heavy atom. The molecule has 4 heterocycles. The van der Waals surface area contributed by atoms with Gasteiger partial charge < -0.3 is 0 Å². The molecule has 0 amide bonds. The number of tetrazole rings is 1. The maximum absolute atomic E-state index is 13.9. The quantitative estimate of drug-likeness (QED) is 0.340. The van der Waals surface area contributed by atoms with Crippen LogP contribution in [0.5, 0.6) is 0 Å². The smallest absolute Gasteiger partial charge is 0.267 e. The van der Waals surface area contributed by atoms with Gasteiger partial charge in [-0.05, 0) is 89.7 Å². The molecule has 0 saturated heterocycles. The van der Waals surface area contributed by atoms with Gasteiger partial charge in [0.1, 0.15) is 9.86 Å². The van der Waals surface area contributed by atoms with E-state index >= 15 is 0 Å². The first kappa shape index (κ1) is 20.8. The third kappa shape index (κ3) is 3.53. The number of rotatable bonds is 3. The fourth-order valence-electron chi connectivity index (χ4n) is 4.17. The lowest BCUT2D eigenvalue weighted by Gasteiger charge is -2.18. The van der Waals surface area contributed by atoms with Crippen LogP contribution in [0.3, 0.4) is 0 Å². The molecule has 0 spiro atoms. The lowest BCUT2D eigenvalue weighted by atomic mass is 9.89. The Balaban J connectivity index is 1.58. The summed E-state index contributed by atoms with van der Waals surface area (Å²) in [6.07, 6.45) is 2.99. The Morgan fingerprint density at radius 2 is 2.12 bits per heavy atom. The van der Waals surface area contributed by atoms with Crippen LogP contribution >= 0.6 is 34.7 Å². The predicted molar refractivity (Wildman–Crippen MR) is 129 cm³/mol. The van der Waals surface area contributed by atoms with Crippen LogP contribution in [0.15, 0.2) is 45.3 Å². The zero-order chi connectivity index (χ0) is 22.7. The number of fused-ring (bicyclic) bond motifs is 4. The van der Waals surface area contributed by atoms with Gasteiger partial charge in [-0.3, -0.25) is 9.36 Å². The number of hydrogen-bond acceptors (Lipinski definition) is 8. The maximum Gasteiger partial charge on any atom is 0.267 e. The number of hydrogen-bond donors (Lipinski definition) is 0. The molecule has 11 heteroatoms. The van der Waals surface area contributed by atoms with Crippen molar-refractivity contribution in [2.75, 3.05) is 0 Å². The van der Waals surface area contributed by atoms with E-state index in [2.05, 4.69) is 27.5 Å². The second-order valence-electron chi connectivity index (χ2n) is 8.30. The first-order chi connectivity index (χ1) is 16.0. The zero-order valence-electron chi connectivity index (χ0n) is 17.8. The van der Waals surface area contributed by atoms with E-state index in [1.54, 1.807) is 22.0 Å². The standard InChI is InChI=1S/C22H18ClN7OS2/c1-11-3-6-14-16(9-11)32-20-19(14)21(31)29(13-5-4-12(2)15(23)10-13)22(24-20)33-18-8-7-17-25-27-28-30(17)26-18/h4-5,7-8,10-11H,3,6,9H2,1-2H3/t11-/m1/s1. The summed E-state index contributed by atoms with van der Waals surface area (Å²) in [4.78, 5) is 20.9. The molecule has 33 heavy (non-hydrogen) atoms. The van der Waals surface area contributed by atoms with Crippen LogP contribution in [0.1, 0.15) is 29.3 Å². The topological polar surface area (TPSA) is 90.9 Å². The molecule has 8 nitrogen and oxygen atoms in total. The van der Waals surface area contributed by atoms with E-state index in [-0.39, 0.29) is 5.56 Å². The Morgan fingerprint density at radius 1 is 1.24 bits per heavy atom. The van der Waals surface area contributed by atoms with Gasteiger partial charge in [-0.1, -0.05) is 24.6 Å². The molecule has 0 unspecified atom stereocenters. The summed E-state index contributed by atoms with van der Waals surface area (Å²) in [6.45, 7) is 4.20. The van der Waals surface area contributed by atoms with Gasteiger partial charge in [0, 0.05) is 9.90 Å². The maximum atomic E-state index is 13.9. The third-order valence-corrected chi connectivity index (χ3v) is 8.39. The van der Waals surface area contributed by atoms with Crippen molar-refractivity contribution in [2.45, 2.75) is 43.3 Å². The monoisotopic (exact) mass is 495 g/mol. The van der Waals surface area contributed by atoms with Gasteiger partial charge in [-0.25, -0.2) is 4.98 Å². The molecule has 0 fully saturated rings. The highest BCUT2D eigenvalue weighted by Gasteiger charge is 2.25. The van der Waals surface area contributed by atoms with E-state index in [4.69, 9.17) is 16.6 Å². The predicted octanol–water partition coefficient (Wildman–Crippen LogP) is 4.52. The molecule has 0 radical (unpaired) electrons. The molecule has 1 atom stereocenters. The highest BCUT2D eigenvalue weighted by atomic mass is 35.5. The van der Waals surface area contributed by atoms with Crippen molar-refractivity contribution in [3.05, 3.63) is 61.7 Å². The van der Waals surface area contributed by atoms with Gasteiger partial charge in [0.2, 0.25) is 0 Å². The van der Waals surface area contributed by atoms with E-state index in [0.29, 0.717) is 32.5 Å². The highest BCUT2D eigenvalue weighted by molar-refractivity contribution is 7.99. The van der Waals surface area contributed by atoms with Crippen LogP contribution in [0.4, 0.5) is 0 Å². The molecule has 0 N–H and O–H groups in total. The molecule has 4 aromatic heterocycles. The Bertz CT molecular complexity index is 1610. The minimum atomic E-state index is -0.0713. The minimum absolute atomic E-state index is 0.0713. The number of nitrogens with zero attached hydrogens (tertiary/aromatic N) is 7. The van der Waals surface area contributed by atoms with Gasteiger partial charge in [-0.2, -0.15) is 0 Å². The molecule has 0 bridgehead atoms. The summed E-state index contributed by atoms with van der Waals surface area (Å²) >= 11 is 9.37. The molecule has 1 aliphatic carbocycles. The molecule has 6 rings (SSSR count). The fraction of sp³-hybridized carbons (Fsp3) is 0.273. The van der Waals surface area contributed by atoms with Crippen LogP contribution in [-0.4, -0.2) is 34.8 Å². The number of aromatic nitrogens is 7. The average molecular weight is 496 g/mol. The summed E-state index contributed by atoms with van der Waals surface area (Å²) in [7, 11) is 0. The Hall–Kier alpha value is -2.82. The van der Waals surface area contributed by atoms with Crippen LogP contribution in [0.2, 0.25) is 5.02 Å². The Labute approximate surface area is 201 Å². The molecular weight excluding hydrogens is 478 g/mol. The van der Waals surface area contributed by atoms with E-state index < -0.39 is 0 Å². The van der Waals surface area contributed by atoms with Gasteiger partial charge in [0.05, 0.1) is 11.1 Å². The van der Waals surface area contributed by atoms with Crippen molar-refractivity contribution in [3.63, 3.8) is 0 Å². The van der Waals surface area contributed by atoms with Gasteiger partial charge in [0.15, 0.2) is 10.8 Å². The normalized spacial score (nSPS) is 15.9. The van der Waals surface area contributed by atoms with Gasteiger partial charge in [-0.15, -0.1) is 26.2 Å². The molecule has 166 valence electrons. The molecule has 0 aliphatic heterocycles. The number of aryl methyl sites for hydroxylation is 2. The molecule has 1 aliphatic rings. The van der Waals surface area contributed by atoms with Gasteiger partial charge >= 0.3 is 0 Å². The number of halogens is 1. The first-order valence-electron chi connectivity index (χ1n) is 10.5. The zero-order valence-corrected chi connectivity index (χ0v) is 20.2. The van der Waals surface area contributed by atoms with Crippen molar-refractivity contribution < 1.29 is 0 Å². The van der Waals surface area contributed by atoms with Crippen molar-refractivity contribution in [2.24, 2.45) is 5.92 Å². The fourth-order valence-corrected chi connectivity index (χ4v) is 6.63. The highest BCUT2D eigenvalue weighted by Crippen LogP contribution is 2.38. The average Bonchev–Trinajstić information content (AvgIpc) is 3.39. The summed E-state index contributed by atoms with van der Waals surface area (Å²) in [5, 5.41) is 18.3. The SMILES string of the molecule is Cc1ccc(-n2c(Sc3ccc4nnnn4n3)nc3sc4c(c3c2=O)CC[C@@H](C)C4)cc1Cl. The van der Waals surface area contributed by atoms with E-state index in [9.17, 15) is 4.79 Å². The Kier molecular flexibility index (Phi) is 4.97. The van der Waals surface area contributed by atoms with Crippen molar-refractivity contribution >= 4 is 50.6 Å². The van der Waals surface area contributed by atoms with Crippen LogP contribution < -0.4 is 5.56 Å². The summed E-state index contributed by atoms with van der Waals surface area (Å²) < 4.78 is 3.01. The first-order valence-corrected chi connectivity index (χ1v) is 12.6. The molecule has 0 saturated carbocycles. The summed E-state index contributed by atoms with van der Waals surface area (Å²) in [5.74, 6) is 0.616. The van der Waals surface area contributed by atoms with Crippen LogP contribution in [0.25, 0.3) is 21.6 Å². The van der Waals surface area contributed by atoms with Crippen LogP contribution in [0, 0.1) is 12.8 Å². The second-order valence-corrected chi connectivity index (χ2v) is 10.8. The van der Waals surface area contributed by atoms with Gasteiger partial charge in [0.25, 0.3) is 5.56 Å². The van der Waals surface area contributed by atoms with E-state index in [1.165, 1.54) is 21.3 Å². The third-order valence-electron chi connectivity index (χ3n) is 5.95. The second kappa shape index (κ2) is 7.89. The van der Waals surface area contributed by atoms with Crippen molar-refractivity contribution in [3.8, 4) is 5.69 Å².